The number of likely N-dealkylation sites (tertiary alicyclic amines) is 1. The number of nitrogens with one attached hydrogen (secondary N) is 1. The van der Waals surface area contributed by atoms with Crippen molar-refractivity contribution in [1.29, 1.82) is 0 Å². The lowest BCUT2D eigenvalue weighted by molar-refractivity contribution is 0.0941. The molecule has 0 bridgehead atoms. The molecule has 3 rings (SSSR count). The molecule has 1 aromatic heterocycles. The molecule has 1 fully saturated rings. The van der Waals surface area contributed by atoms with Crippen LogP contribution >= 0.6 is 0 Å². The number of aromatic nitrogens is 2. The van der Waals surface area contributed by atoms with E-state index in [9.17, 15) is 4.79 Å². The normalized spacial score (nSPS) is 18.0. The van der Waals surface area contributed by atoms with Crippen LogP contribution in [0.15, 0.2) is 30.5 Å². The molecule has 0 aliphatic carbocycles. The second-order valence-corrected chi connectivity index (χ2v) is 6.51. The average Bonchev–Trinajstić information content (AvgIpc) is 3.18. The van der Waals surface area contributed by atoms with Gasteiger partial charge in [-0.2, -0.15) is 5.10 Å². The van der Waals surface area contributed by atoms with Crippen molar-refractivity contribution in [2.45, 2.75) is 32.7 Å². The number of rotatable bonds is 5. The number of amides is 1. The third-order valence-corrected chi connectivity index (χ3v) is 4.88. The molecular weight excluding hydrogens is 300 g/mol. The van der Waals surface area contributed by atoms with Gasteiger partial charge >= 0.3 is 0 Å². The summed E-state index contributed by atoms with van der Waals surface area (Å²) in [6.45, 7) is 7.11. The molecule has 24 heavy (non-hydrogen) atoms. The maximum atomic E-state index is 12.4. The molecular formula is C19H26N4O. The van der Waals surface area contributed by atoms with Crippen LogP contribution in [0.1, 0.15) is 35.8 Å². The molecule has 1 saturated heterocycles. The first kappa shape index (κ1) is 16.7. The van der Waals surface area contributed by atoms with Crippen LogP contribution in [-0.2, 0) is 7.05 Å². The Bertz CT molecular complexity index is 705. The van der Waals surface area contributed by atoms with Crippen molar-refractivity contribution in [3.05, 3.63) is 41.7 Å². The van der Waals surface area contributed by atoms with Crippen LogP contribution in [0, 0.1) is 6.92 Å². The minimum atomic E-state index is 0.00686. The number of carbonyl (C=O) groups excluding carboxylic acids is 1. The first-order chi connectivity index (χ1) is 11.6. The monoisotopic (exact) mass is 326 g/mol. The first-order valence-corrected chi connectivity index (χ1v) is 8.71. The predicted octanol–water partition coefficient (Wildman–Crippen LogP) is 2.61. The predicted molar refractivity (Wildman–Crippen MR) is 96.0 cm³/mol. The minimum absolute atomic E-state index is 0.00686. The van der Waals surface area contributed by atoms with Crippen molar-refractivity contribution in [2.24, 2.45) is 7.05 Å². The van der Waals surface area contributed by atoms with Gasteiger partial charge in [-0.25, -0.2) is 0 Å². The lowest BCUT2D eigenvalue weighted by Gasteiger charge is -2.22. The Labute approximate surface area is 143 Å². The molecule has 0 saturated carbocycles. The van der Waals surface area contributed by atoms with Gasteiger partial charge in [0.1, 0.15) is 0 Å². The fraction of sp³-hybridized carbons (Fsp3) is 0.474. The average molecular weight is 326 g/mol. The summed E-state index contributed by atoms with van der Waals surface area (Å²) in [5.74, 6) is 0.00686. The van der Waals surface area contributed by atoms with Crippen LogP contribution < -0.4 is 5.32 Å². The zero-order valence-corrected chi connectivity index (χ0v) is 14.7. The topological polar surface area (TPSA) is 50.2 Å². The lowest BCUT2D eigenvalue weighted by Crippen LogP contribution is -2.40. The Morgan fingerprint density at radius 2 is 2.08 bits per heavy atom. The summed E-state index contributed by atoms with van der Waals surface area (Å²) in [6, 6.07) is 8.25. The van der Waals surface area contributed by atoms with Gasteiger partial charge < -0.3 is 5.32 Å². The molecule has 0 radical (unpaired) electrons. The van der Waals surface area contributed by atoms with Crippen molar-refractivity contribution in [3.63, 3.8) is 0 Å². The van der Waals surface area contributed by atoms with Crippen molar-refractivity contribution < 1.29 is 4.79 Å². The van der Waals surface area contributed by atoms with Crippen LogP contribution in [0.4, 0.5) is 0 Å². The molecule has 1 amide bonds. The van der Waals surface area contributed by atoms with E-state index >= 15 is 0 Å². The fourth-order valence-electron chi connectivity index (χ4n) is 3.54. The van der Waals surface area contributed by atoms with Crippen LogP contribution in [0.2, 0.25) is 0 Å². The van der Waals surface area contributed by atoms with E-state index in [0.717, 1.165) is 36.5 Å². The number of hydrogen-bond donors (Lipinski definition) is 1. The third-order valence-electron chi connectivity index (χ3n) is 4.88. The van der Waals surface area contributed by atoms with Crippen LogP contribution in [0.5, 0.6) is 0 Å². The second kappa shape index (κ2) is 7.18. The summed E-state index contributed by atoms with van der Waals surface area (Å²) in [5.41, 5.74) is 3.90. The van der Waals surface area contributed by atoms with Gasteiger partial charge in [0.25, 0.3) is 5.91 Å². The van der Waals surface area contributed by atoms with E-state index < -0.39 is 0 Å². The van der Waals surface area contributed by atoms with Gasteiger partial charge in [-0.3, -0.25) is 14.4 Å². The van der Waals surface area contributed by atoms with E-state index in [2.05, 4.69) is 22.2 Å². The fourth-order valence-corrected chi connectivity index (χ4v) is 3.54. The van der Waals surface area contributed by atoms with Crippen molar-refractivity contribution in [3.8, 4) is 11.1 Å². The van der Waals surface area contributed by atoms with Crippen LogP contribution in [0.3, 0.4) is 0 Å². The summed E-state index contributed by atoms with van der Waals surface area (Å²) >= 11 is 0. The maximum Gasteiger partial charge on any atom is 0.251 e. The lowest BCUT2D eigenvalue weighted by atomic mass is 10.0. The Balaban J connectivity index is 1.63. The van der Waals surface area contributed by atoms with E-state index in [-0.39, 0.29) is 5.91 Å². The molecule has 5 heteroatoms. The Hall–Kier alpha value is -2.14. The summed E-state index contributed by atoms with van der Waals surface area (Å²) < 4.78 is 1.81. The summed E-state index contributed by atoms with van der Waals surface area (Å²) in [6.07, 6.45) is 4.41. The first-order valence-electron chi connectivity index (χ1n) is 8.71. The van der Waals surface area contributed by atoms with Gasteiger partial charge in [-0.05, 0) is 50.6 Å². The van der Waals surface area contributed by atoms with Gasteiger partial charge in [0.15, 0.2) is 0 Å². The highest BCUT2D eigenvalue weighted by Gasteiger charge is 2.23. The zero-order valence-electron chi connectivity index (χ0n) is 14.7. The standard InChI is InChI=1S/C19H26N4O/c1-4-23-11-5-6-17(23)12-20-19(24)16-9-7-15(8-10-16)18-13-22(3)21-14(18)2/h7-10,13,17H,4-6,11-12H2,1-3H3,(H,20,24)/t17-/m1/s1. The smallest absolute Gasteiger partial charge is 0.251 e. The summed E-state index contributed by atoms with van der Waals surface area (Å²) in [7, 11) is 1.92. The number of likely N-dealkylation sites (N-methyl/N-ethyl adjacent to an activating group) is 1. The number of benzene rings is 1. The second-order valence-electron chi connectivity index (χ2n) is 6.51. The molecule has 1 aliphatic heterocycles. The minimum Gasteiger partial charge on any atom is -0.350 e. The molecule has 1 aromatic carbocycles. The van der Waals surface area contributed by atoms with Gasteiger partial charge in [0.05, 0.1) is 5.69 Å². The van der Waals surface area contributed by atoms with Gasteiger partial charge in [-0.15, -0.1) is 0 Å². The van der Waals surface area contributed by atoms with Crippen molar-refractivity contribution >= 4 is 5.91 Å². The molecule has 1 N–H and O–H groups in total. The third kappa shape index (κ3) is 3.51. The van der Waals surface area contributed by atoms with Crippen LogP contribution in [-0.4, -0.2) is 46.3 Å². The summed E-state index contributed by atoms with van der Waals surface area (Å²) in [4.78, 5) is 14.8. The zero-order chi connectivity index (χ0) is 17.1. The Morgan fingerprint density at radius 3 is 2.71 bits per heavy atom. The highest BCUT2D eigenvalue weighted by atomic mass is 16.1. The highest BCUT2D eigenvalue weighted by molar-refractivity contribution is 5.94. The van der Waals surface area contributed by atoms with E-state index in [1.54, 1.807) is 0 Å². The molecule has 0 unspecified atom stereocenters. The molecule has 2 heterocycles. The van der Waals surface area contributed by atoms with Crippen molar-refractivity contribution in [1.82, 2.24) is 20.0 Å². The quantitative estimate of drug-likeness (QED) is 0.919. The van der Waals surface area contributed by atoms with E-state index in [1.165, 1.54) is 12.8 Å². The van der Waals surface area contributed by atoms with Gasteiger partial charge in [0.2, 0.25) is 0 Å². The van der Waals surface area contributed by atoms with E-state index in [0.29, 0.717) is 11.6 Å². The number of hydrogen-bond acceptors (Lipinski definition) is 3. The number of aryl methyl sites for hydroxylation is 2. The summed E-state index contributed by atoms with van der Waals surface area (Å²) in [5, 5.41) is 7.45. The molecule has 128 valence electrons. The molecule has 2 aromatic rings. The molecule has 1 atom stereocenters. The SMILES string of the molecule is CCN1CCC[C@@H]1CNC(=O)c1ccc(-c2cn(C)nc2C)cc1. The number of carbonyl (C=O) groups is 1. The largest absolute Gasteiger partial charge is 0.350 e. The Kier molecular flexibility index (Phi) is 5.00. The van der Waals surface area contributed by atoms with E-state index in [4.69, 9.17) is 0 Å². The maximum absolute atomic E-state index is 12.4. The van der Waals surface area contributed by atoms with E-state index in [1.807, 2.05) is 49.1 Å². The molecule has 1 aliphatic rings. The van der Waals surface area contributed by atoms with Crippen molar-refractivity contribution in [2.75, 3.05) is 19.6 Å². The van der Waals surface area contributed by atoms with Gasteiger partial charge in [0, 0.05) is 37.0 Å². The number of nitrogens with zero attached hydrogens (tertiary/aromatic N) is 3. The van der Waals surface area contributed by atoms with Crippen LogP contribution in [0.25, 0.3) is 11.1 Å². The Morgan fingerprint density at radius 1 is 1.33 bits per heavy atom. The van der Waals surface area contributed by atoms with Gasteiger partial charge in [-0.1, -0.05) is 19.1 Å². The molecule has 5 nitrogen and oxygen atoms in total. The molecule has 0 spiro atoms. The highest BCUT2D eigenvalue weighted by Crippen LogP contribution is 2.22.